The molecule has 8 heteroatoms. The predicted molar refractivity (Wildman–Crippen MR) is 84.0 cm³/mol. The number of methoxy groups -OCH3 is 1. The summed E-state index contributed by atoms with van der Waals surface area (Å²) in [4.78, 5) is 25.3. The molecule has 1 fully saturated rings. The Morgan fingerprint density at radius 3 is 2.62 bits per heavy atom. The molecule has 2 unspecified atom stereocenters. The molecule has 2 aromatic rings. The van der Waals surface area contributed by atoms with Crippen LogP contribution in [0.3, 0.4) is 0 Å². The van der Waals surface area contributed by atoms with Gasteiger partial charge in [0.05, 0.1) is 18.0 Å². The number of hydrogen-bond donors (Lipinski definition) is 1. The summed E-state index contributed by atoms with van der Waals surface area (Å²) in [6.07, 6.45) is 1.48. The number of ether oxygens (including phenoxy) is 1. The van der Waals surface area contributed by atoms with Crippen molar-refractivity contribution >= 4 is 11.9 Å². The number of hydrogen-bond acceptors (Lipinski definition) is 5. The number of amides is 1. The molecule has 1 aliphatic heterocycles. The lowest BCUT2D eigenvalue weighted by molar-refractivity contribution is -0.141. The Morgan fingerprint density at radius 2 is 2.00 bits per heavy atom. The number of likely N-dealkylation sites (tertiary alicyclic amines) is 1. The number of nitrogens with zero attached hydrogens (tertiary/aromatic N) is 4. The SMILES string of the molecule is COC1CC(C(=O)O)N(C(=O)c2cn(-c3ccc(C)cc3)nn2)C1. The van der Waals surface area contributed by atoms with E-state index in [0.29, 0.717) is 0 Å². The molecule has 0 spiro atoms. The summed E-state index contributed by atoms with van der Waals surface area (Å²) in [5.74, 6) is -1.51. The maximum absolute atomic E-state index is 12.6. The van der Waals surface area contributed by atoms with Crippen LogP contribution in [-0.4, -0.2) is 62.7 Å². The van der Waals surface area contributed by atoms with Crippen LogP contribution < -0.4 is 0 Å². The van der Waals surface area contributed by atoms with E-state index in [1.807, 2.05) is 31.2 Å². The average Bonchev–Trinajstić information content (AvgIpc) is 3.22. The van der Waals surface area contributed by atoms with E-state index in [0.717, 1.165) is 11.3 Å². The Morgan fingerprint density at radius 1 is 1.29 bits per heavy atom. The van der Waals surface area contributed by atoms with Gasteiger partial charge in [-0.1, -0.05) is 22.9 Å². The molecule has 1 aromatic heterocycles. The van der Waals surface area contributed by atoms with Gasteiger partial charge in [0.1, 0.15) is 6.04 Å². The van der Waals surface area contributed by atoms with Crippen molar-refractivity contribution in [3.8, 4) is 5.69 Å². The first-order chi connectivity index (χ1) is 11.5. The first-order valence-corrected chi connectivity index (χ1v) is 7.55. The molecule has 1 saturated heterocycles. The van der Waals surface area contributed by atoms with Crippen LogP contribution in [0.5, 0.6) is 0 Å². The van der Waals surface area contributed by atoms with E-state index in [2.05, 4.69) is 10.3 Å². The summed E-state index contributed by atoms with van der Waals surface area (Å²) in [6.45, 7) is 2.20. The highest BCUT2D eigenvalue weighted by atomic mass is 16.5. The molecular weight excluding hydrogens is 312 g/mol. The van der Waals surface area contributed by atoms with Gasteiger partial charge in [-0.15, -0.1) is 5.10 Å². The predicted octanol–water partition coefficient (Wildman–Crippen LogP) is 0.890. The molecule has 126 valence electrons. The molecular formula is C16H18N4O4. The number of carboxylic acids is 1. The summed E-state index contributed by atoms with van der Waals surface area (Å²) >= 11 is 0. The standard InChI is InChI=1S/C16H18N4O4/c1-10-3-5-11(6-4-10)20-9-13(17-18-20)15(21)19-8-12(24-2)7-14(19)16(22)23/h3-6,9,12,14H,7-8H2,1-2H3,(H,22,23). The zero-order valence-electron chi connectivity index (χ0n) is 13.4. The summed E-state index contributed by atoms with van der Waals surface area (Å²) in [5.41, 5.74) is 2.00. The number of aryl methyl sites for hydroxylation is 1. The van der Waals surface area contributed by atoms with Gasteiger partial charge in [0.2, 0.25) is 0 Å². The Kier molecular flexibility index (Phi) is 4.30. The number of carbonyl (C=O) groups excluding carboxylic acids is 1. The fourth-order valence-electron chi connectivity index (χ4n) is 2.76. The minimum absolute atomic E-state index is 0.110. The first-order valence-electron chi connectivity index (χ1n) is 7.55. The van der Waals surface area contributed by atoms with Gasteiger partial charge >= 0.3 is 5.97 Å². The number of benzene rings is 1. The van der Waals surface area contributed by atoms with Crippen molar-refractivity contribution in [1.82, 2.24) is 19.9 Å². The van der Waals surface area contributed by atoms with Crippen molar-refractivity contribution in [3.05, 3.63) is 41.7 Å². The van der Waals surface area contributed by atoms with Crippen LogP contribution in [0.4, 0.5) is 0 Å². The van der Waals surface area contributed by atoms with Gasteiger partial charge in [-0.3, -0.25) is 4.79 Å². The highest BCUT2D eigenvalue weighted by Gasteiger charge is 2.40. The highest BCUT2D eigenvalue weighted by Crippen LogP contribution is 2.22. The van der Waals surface area contributed by atoms with E-state index in [1.54, 1.807) is 0 Å². The lowest BCUT2D eigenvalue weighted by Crippen LogP contribution is -2.40. The van der Waals surface area contributed by atoms with Crippen LogP contribution in [0.25, 0.3) is 5.69 Å². The van der Waals surface area contributed by atoms with Crippen LogP contribution in [0.1, 0.15) is 22.5 Å². The van der Waals surface area contributed by atoms with E-state index >= 15 is 0 Å². The third-order valence-electron chi connectivity index (χ3n) is 4.15. The molecule has 0 saturated carbocycles. The fraction of sp³-hybridized carbons (Fsp3) is 0.375. The quantitative estimate of drug-likeness (QED) is 0.894. The summed E-state index contributed by atoms with van der Waals surface area (Å²) in [7, 11) is 1.51. The van der Waals surface area contributed by atoms with Crippen molar-refractivity contribution in [2.75, 3.05) is 13.7 Å². The molecule has 2 heterocycles. The van der Waals surface area contributed by atoms with Crippen molar-refractivity contribution in [3.63, 3.8) is 0 Å². The molecule has 0 radical (unpaired) electrons. The first kappa shape index (κ1) is 16.1. The molecule has 3 rings (SSSR count). The molecule has 0 aliphatic carbocycles. The zero-order chi connectivity index (χ0) is 17.3. The van der Waals surface area contributed by atoms with E-state index < -0.39 is 17.9 Å². The topological polar surface area (TPSA) is 97.6 Å². The van der Waals surface area contributed by atoms with Crippen molar-refractivity contribution in [2.24, 2.45) is 0 Å². The third-order valence-corrected chi connectivity index (χ3v) is 4.15. The Bertz CT molecular complexity index is 756. The number of rotatable bonds is 4. The normalized spacial score (nSPS) is 20.3. The van der Waals surface area contributed by atoms with E-state index in [9.17, 15) is 14.7 Å². The van der Waals surface area contributed by atoms with Gasteiger partial charge in [0.25, 0.3) is 5.91 Å². The minimum Gasteiger partial charge on any atom is -0.480 e. The fourth-order valence-corrected chi connectivity index (χ4v) is 2.76. The summed E-state index contributed by atoms with van der Waals surface area (Å²) in [6, 6.07) is 6.70. The number of aliphatic carboxylic acids is 1. The second-order valence-electron chi connectivity index (χ2n) is 5.79. The number of carbonyl (C=O) groups is 2. The minimum atomic E-state index is -1.05. The summed E-state index contributed by atoms with van der Waals surface area (Å²) in [5, 5.41) is 17.2. The highest BCUT2D eigenvalue weighted by molar-refractivity contribution is 5.95. The molecule has 1 aromatic carbocycles. The molecule has 24 heavy (non-hydrogen) atoms. The van der Waals surface area contributed by atoms with Crippen LogP contribution in [0, 0.1) is 6.92 Å². The number of aromatic nitrogens is 3. The van der Waals surface area contributed by atoms with Gasteiger partial charge in [-0.05, 0) is 19.1 Å². The number of carboxylic acid groups (broad SMARTS) is 1. The molecule has 1 aliphatic rings. The molecule has 8 nitrogen and oxygen atoms in total. The smallest absolute Gasteiger partial charge is 0.326 e. The molecule has 1 N–H and O–H groups in total. The second-order valence-corrected chi connectivity index (χ2v) is 5.79. The van der Waals surface area contributed by atoms with E-state index in [1.165, 1.54) is 22.9 Å². The van der Waals surface area contributed by atoms with Crippen LogP contribution in [0.2, 0.25) is 0 Å². The van der Waals surface area contributed by atoms with Gasteiger partial charge in [-0.2, -0.15) is 0 Å². The second kappa shape index (κ2) is 6.40. The van der Waals surface area contributed by atoms with Crippen molar-refractivity contribution in [2.45, 2.75) is 25.5 Å². The van der Waals surface area contributed by atoms with Crippen LogP contribution in [-0.2, 0) is 9.53 Å². The van der Waals surface area contributed by atoms with Crippen LogP contribution >= 0.6 is 0 Å². The van der Waals surface area contributed by atoms with Gasteiger partial charge < -0.3 is 14.7 Å². The zero-order valence-corrected chi connectivity index (χ0v) is 13.4. The summed E-state index contributed by atoms with van der Waals surface area (Å²) < 4.78 is 6.69. The Balaban J connectivity index is 1.82. The van der Waals surface area contributed by atoms with Crippen molar-refractivity contribution < 1.29 is 19.4 Å². The molecule has 1 amide bonds. The maximum atomic E-state index is 12.6. The lowest BCUT2D eigenvalue weighted by atomic mass is 10.2. The average molecular weight is 330 g/mol. The molecule has 2 atom stereocenters. The van der Waals surface area contributed by atoms with E-state index in [-0.39, 0.29) is 24.8 Å². The monoisotopic (exact) mass is 330 g/mol. The lowest BCUT2D eigenvalue weighted by Gasteiger charge is -2.19. The molecule has 0 bridgehead atoms. The van der Waals surface area contributed by atoms with Gasteiger partial charge in [-0.25, -0.2) is 9.48 Å². The van der Waals surface area contributed by atoms with Crippen LogP contribution in [0.15, 0.2) is 30.5 Å². The van der Waals surface area contributed by atoms with Gasteiger partial charge in [0, 0.05) is 20.1 Å². The Hall–Kier alpha value is -2.74. The van der Waals surface area contributed by atoms with E-state index in [4.69, 9.17) is 4.74 Å². The Labute approximate surface area is 138 Å². The maximum Gasteiger partial charge on any atom is 0.326 e. The van der Waals surface area contributed by atoms with Crippen molar-refractivity contribution in [1.29, 1.82) is 0 Å². The largest absolute Gasteiger partial charge is 0.480 e. The third kappa shape index (κ3) is 3.00. The van der Waals surface area contributed by atoms with Gasteiger partial charge in [0.15, 0.2) is 5.69 Å².